The normalized spacial score (nSPS) is 16.4. The smallest absolute Gasteiger partial charge is 0.0945 e. The minimum Gasteiger partial charge on any atom is -0.387 e. The van der Waals surface area contributed by atoms with Crippen LogP contribution in [0.25, 0.3) is 0 Å². The Morgan fingerprint density at radius 2 is 1.45 bits per heavy atom. The molecule has 0 saturated heterocycles. The minimum absolute atomic E-state index is 0.0925. The average molecular weight is 277 g/mol. The van der Waals surface area contributed by atoms with Crippen LogP contribution in [0.4, 0.5) is 0 Å². The van der Waals surface area contributed by atoms with Gasteiger partial charge in [0.05, 0.1) is 6.10 Å². The molecule has 1 aromatic rings. The zero-order valence-electron chi connectivity index (χ0n) is 13.9. The van der Waals surface area contributed by atoms with Crippen LogP contribution >= 0.6 is 0 Å². The first-order valence-electron chi connectivity index (χ1n) is 7.90. The summed E-state index contributed by atoms with van der Waals surface area (Å²) in [5.74, 6) is 0.920. The Hall–Kier alpha value is -0.860. The average Bonchev–Trinajstić information content (AvgIpc) is 2.43. The van der Waals surface area contributed by atoms with E-state index in [0.29, 0.717) is 17.9 Å². The fraction of sp³-hybridized carbons (Fsp3) is 0.667. The molecular formula is C18H31NO. The summed E-state index contributed by atoms with van der Waals surface area (Å²) in [5.41, 5.74) is 2.32. The van der Waals surface area contributed by atoms with Crippen LogP contribution in [0.2, 0.25) is 0 Å². The van der Waals surface area contributed by atoms with E-state index in [-0.39, 0.29) is 6.04 Å². The molecule has 0 saturated carbocycles. The minimum atomic E-state index is -0.454. The zero-order valence-corrected chi connectivity index (χ0v) is 13.9. The lowest BCUT2D eigenvalue weighted by atomic mass is 9.91. The molecule has 2 nitrogen and oxygen atoms in total. The molecule has 20 heavy (non-hydrogen) atoms. The highest BCUT2D eigenvalue weighted by atomic mass is 16.3. The van der Waals surface area contributed by atoms with Gasteiger partial charge in [0.2, 0.25) is 0 Å². The van der Waals surface area contributed by atoms with Crippen LogP contribution in [0.5, 0.6) is 0 Å². The van der Waals surface area contributed by atoms with Gasteiger partial charge in [0.25, 0.3) is 0 Å². The van der Waals surface area contributed by atoms with Gasteiger partial charge in [-0.3, -0.25) is 0 Å². The first kappa shape index (κ1) is 17.2. The van der Waals surface area contributed by atoms with Gasteiger partial charge in [0.1, 0.15) is 0 Å². The van der Waals surface area contributed by atoms with Crippen molar-refractivity contribution < 1.29 is 5.11 Å². The van der Waals surface area contributed by atoms with Gasteiger partial charge >= 0.3 is 0 Å². The molecule has 3 unspecified atom stereocenters. The third kappa shape index (κ3) is 4.60. The quantitative estimate of drug-likeness (QED) is 0.780. The van der Waals surface area contributed by atoms with Crippen molar-refractivity contribution in [3.8, 4) is 0 Å². The van der Waals surface area contributed by atoms with Gasteiger partial charge in [-0.15, -0.1) is 0 Å². The van der Waals surface area contributed by atoms with E-state index in [4.69, 9.17) is 0 Å². The number of aliphatic hydroxyl groups excluding tert-OH is 1. The molecule has 2 N–H and O–H groups in total. The molecule has 0 aromatic heterocycles. The number of hydrogen-bond acceptors (Lipinski definition) is 2. The van der Waals surface area contributed by atoms with Crippen LogP contribution in [0, 0.1) is 5.92 Å². The van der Waals surface area contributed by atoms with Gasteiger partial charge in [0, 0.05) is 12.1 Å². The van der Waals surface area contributed by atoms with Gasteiger partial charge in [0.15, 0.2) is 0 Å². The van der Waals surface area contributed by atoms with Crippen molar-refractivity contribution in [1.82, 2.24) is 5.32 Å². The second-order valence-corrected chi connectivity index (χ2v) is 6.51. The Kier molecular flexibility index (Phi) is 6.70. The van der Waals surface area contributed by atoms with E-state index >= 15 is 0 Å². The number of aliphatic hydroxyl groups is 1. The molecule has 1 aromatic carbocycles. The van der Waals surface area contributed by atoms with E-state index in [9.17, 15) is 5.11 Å². The molecule has 0 bridgehead atoms. The van der Waals surface area contributed by atoms with Crippen LogP contribution in [-0.2, 0) is 0 Å². The summed E-state index contributed by atoms with van der Waals surface area (Å²) in [6.45, 7) is 13.0. The summed E-state index contributed by atoms with van der Waals surface area (Å²) < 4.78 is 0. The van der Waals surface area contributed by atoms with Gasteiger partial charge in [-0.25, -0.2) is 0 Å². The first-order valence-corrected chi connectivity index (χ1v) is 7.90. The zero-order chi connectivity index (χ0) is 15.3. The maximum Gasteiger partial charge on any atom is 0.0945 e. The van der Waals surface area contributed by atoms with Crippen LogP contribution < -0.4 is 5.32 Å². The summed E-state index contributed by atoms with van der Waals surface area (Å²) in [5, 5.41) is 14.2. The van der Waals surface area contributed by atoms with Gasteiger partial charge in [-0.2, -0.15) is 0 Å². The Morgan fingerprint density at radius 3 is 1.85 bits per heavy atom. The third-order valence-corrected chi connectivity index (χ3v) is 4.09. The van der Waals surface area contributed by atoms with Crippen LogP contribution in [0.15, 0.2) is 24.3 Å². The van der Waals surface area contributed by atoms with Crippen LogP contribution in [0.1, 0.15) is 71.1 Å². The molecule has 2 heteroatoms. The summed E-state index contributed by atoms with van der Waals surface area (Å²) in [6.07, 6.45) is 0.618. The molecular weight excluding hydrogens is 246 g/mol. The monoisotopic (exact) mass is 277 g/mol. The molecule has 0 aliphatic rings. The standard InChI is InChI=1S/C18H31NO/c1-7-14(6)19-17(13(4)5)18(20)16-10-8-15(9-11-16)12(2)3/h8-14,17-20H,7H2,1-6H3. The molecule has 0 spiro atoms. The van der Waals surface area contributed by atoms with Crippen molar-refractivity contribution in [2.75, 3.05) is 0 Å². The molecule has 0 radical (unpaired) electrons. The second-order valence-electron chi connectivity index (χ2n) is 6.51. The Labute approximate surface area is 124 Å². The fourth-order valence-corrected chi connectivity index (χ4v) is 2.38. The summed E-state index contributed by atoms with van der Waals surface area (Å²) in [6, 6.07) is 8.90. The lowest BCUT2D eigenvalue weighted by Gasteiger charge is -2.30. The lowest BCUT2D eigenvalue weighted by molar-refractivity contribution is 0.0986. The van der Waals surface area contributed by atoms with E-state index in [0.717, 1.165) is 12.0 Å². The van der Waals surface area contributed by atoms with E-state index in [1.807, 2.05) is 0 Å². The molecule has 0 amide bonds. The van der Waals surface area contributed by atoms with Crippen molar-refractivity contribution in [2.24, 2.45) is 5.92 Å². The third-order valence-electron chi connectivity index (χ3n) is 4.09. The van der Waals surface area contributed by atoms with E-state index in [2.05, 4.69) is 71.1 Å². The first-order chi connectivity index (χ1) is 9.36. The number of rotatable bonds is 7. The van der Waals surface area contributed by atoms with Crippen molar-refractivity contribution in [3.63, 3.8) is 0 Å². The highest BCUT2D eigenvalue weighted by Crippen LogP contribution is 2.24. The number of hydrogen-bond donors (Lipinski definition) is 2. The molecule has 0 fully saturated rings. The van der Waals surface area contributed by atoms with E-state index < -0.39 is 6.10 Å². The lowest BCUT2D eigenvalue weighted by Crippen LogP contribution is -2.43. The second kappa shape index (κ2) is 7.80. The molecule has 0 aliphatic heterocycles. The number of nitrogens with one attached hydrogen (secondary N) is 1. The fourth-order valence-electron chi connectivity index (χ4n) is 2.38. The highest BCUT2D eigenvalue weighted by molar-refractivity contribution is 5.27. The van der Waals surface area contributed by atoms with E-state index in [1.165, 1.54) is 5.56 Å². The Morgan fingerprint density at radius 1 is 0.950 bits per heavy atom. The van der Waals surface area contributed by atoms with Crippen LogP contribution in [-0.4, -0.2) is 17.2 Å². The predicted molar refractivity (Wildman–Crippen MR) is 87.0 cm³/mol. The molecule has 3 atom stereocenters. The number of benzene rings is 1. The van der Waals surface area contributed by atoms with Crippen molar-refractivity contribution in [2.45, 2.75) is 72.1 Å². The maximum atomic E-state index is 10.7. The molecule has 0 aliphatic carbocycles. The topological polar surface area (TPSA) is 32.3 Å². The van der Waals surface area contributed by atoms with Crippen molar-refractivity contribution >= 4 is 0 Å². The van der Waals surface area contributed by atoms with Gasteiger partial charge < -0.3 is 10.4 Å². The summed E-state index contributed by atoms with van der Waals surface area (Å²) >= 11 is 0. The molecule has 1 rings (SSSR count). The van der Waals surface area contributed by atoms with Crippen LogP contribution in [0.3, 0.4) is 0 Å². The Balaban J connectivity index is 2.85. The molecule has 114 valence electrons. The Bertz CT molecular complexity index is 383. The van der Waals surface area contributed by atoms with Gasteiger partial charge in [-0.1, -0.05) is 58.9 Å². The summed E-state index contributed by atoms with van der Waals surface area (Å²) in [7, 11) is 0. The van der Waals surface area contributed by atoms with Crippen molar-refractivity contribution in [3.05, 3.63) is 35.4 Å². The molecule has 0 heterocycles. The SMILES string of the molecule is CCC(C)NC(C(C)C)C(O)c1ccc(C(C)C)cc1. The van der Waals surface area contributed by atoms with Gasteiger partial charge in [-0.05, 0) is 36.3 Å². The maximum absolute atomic E-state index is 10.7. The van der Waals surface area contributed by atoms with Crippen molar-refractivity contribution in [1.29, 1.82) is 0 Å². The van der Waals surface area contributed by atoms with E-state index in [1.54, 1.807) is 0 Å². The summed E-state index contributed by atoms with van der Waals surface area (Å²) in [4.78, 5) is 0. The largest absolute Gasteiger partial charge is 0.387 e. The highest BCUT2D eigenvalue weighted by Gasteiger charge is 2.25. The predicted octanol–water partition coefficient (Wildman–Crippen LogP) is 4.26.